The second-order valence-corrected chi connectivity index (χ2v) is 5.26. The van der Waals surface area contributed by atoms with Crippen LogP contribution in [0.25, 0.3) is 0 Å². The Morgan fingerprint density at radius 1 is 1.31 bits per heavy atom. The molecule has 3 nitrogen and oxygen atoms in total. The van der Waals surface area contributed by atoms with Crippen LogP contribution in [0.5, 0.6) is 0 Å². The Hall–Kier alpha value is -0.120. The lowest BCUT2D eigenvalue weighted by atomic mass is 10.1. The van der Waals surface area contributed by atoms with Crippen molar-refractivity contribution < 1.29 is 0 Å². The first-order chi connectivity index (χ1) is 7.70. The molecule has 0 spiro atoms. The highest BCUT2D eigenvalue weighted by Gasteiger charge is 2.10. The number of nitrogens with zero attached hydrogens (tertiary/aromatic N) is 1. The normalized spacial score (nSPS) is 22.7. The third kappa shape index (κ3) is 5.83. The molecule has 0 bridgehead atoms. The fraction of sp³-hybridized carbons (Fsp3) is 1.00. The van der Waals surface area contributed by atoms with Gasteiger partial charge >= 0.3 is 0 Å². The van der Waals surface area contributed by atoms with Gasteiger partial charge in [-0.15, -0.1) is 0 Å². The second kappa shape index (κ2) is 8.04. The maximum absolute atomic E-state index is 3.69. The van der Waals surface area contributed by atoms with Crippen molar-refractivity contribution in [1.29, 1.82) is 0 Å². The Kier molecular flexibility index (Phi) is 7.01. The maximum Gasteiger partial charge on any atom is 0.00796 e. The first kappa shape index (κ1) is 13.9. The van der Waals surface area contributed by atoms with Crippen LogP contribution in [0.4, 0.5) is 0 Å². The van der Waals surface area contributed by atoms with Crippen LogP contribution in [-0.4, -0.2) is 50.2 Å². The standard InChI is InChI=1S/C13H29N3/c1-12(2)16(3)11-5-9-15-13-6-4-8-14-10-7-13/h12-15H,4-11H2,1-3H3. The van der Waals surface area contributed by atoms with Crippen molar-refractivity contribution in [3.8, 4) is 0 Å². The van der Waals surface area contributed by atoms with E-state index in [1.54, 1.807) is 0 Å². The minimum absolute atomic E-state index is 0.669. The zero-order valence-corrected chi connectivity index (χ0v) is 11.3. The molecule has 1 fully saturated rings. The smallest absolute Gasteiger partial charge is 0.00796 e. The summed E-state index contributed by atoms with van der Waals surface area (Å²) in [6, 6.07) is 1.42. The number of rotatable bonds is 6. The van der Waals surface area contributed by atoms with Crippen molar-refractivity contribution in [3.63, 3.8) is 0 Å². The van der Waals surface area contributed by atoms with Gasteiger partial charge in [-0.25, -0.2) is 0 Å². The summed E-state index contributed by atoms with van der Waals surface area (Å²) in [5.41, 5.74) is 0. The lowest BCUT2D eigenvalue weighted by Gasteiger charge is -2.22. The van der Waals surface area contributed by atoms with E-state index < -0.39 is 0 Å². The van der Waals surface area contributed by atoms with Crippen molar-refractivity contribution >= 4 is 0 Å². The number of hydrogen-bond donors (Lipinski definition) is 2. The van der Waals surface area contributed by atoms with Crippen LogP contribution in [0.2, 0.25) is 0 Å². The predicted molar refractivity (Wildman–Crippen MR) is 70.9 cm³/mol. The van der Waals surface area contributed by atoms with Gasteiger partial charge in [0.05, 0.1) is 0 Å². The molecule has 0 radical (unpaired) electrons. The minimum atomic E-state index is 0.669. The van der Waals surface area contributed by atoms with E-state index >= 15 is 0 Å². The van der Waals surface area contributed by atoms with E-state index in [2.05, 4.69) is 36.4 Å². The summed E-state index contributed by atoms with van der Waals surface area (Å²) in [6.45, 7) is 9.27. The fourth-order valence-electron chi connectivity index (χ4n) is 2.12. The van der Waals surface area contributed by atoms with E-state index in [-0.39, 0.29) is 0 Å². The van der Waals surface area contributed by atoms with Crippen molar-refractivity contribution in [2.75, 3.05) is 33.2 Å². The molecule has 96 valence electrons. The van der Waals surface area contributed by atoms with Gasteiger partial charge in [0.2, 0.25) is 0 Å². The first-order valence-electron chi connectivity index (χ1n) is 6.84. The Labute approximate surface area is 101 Å². The van der Waals surface area contributed by atoms with E-state index in [9.17, 15) is 0 Å². The molecule has 0 aromatic rings. The van der Waals surface area contributed by atoms with E-state index in [1.165, 1.54) is 51.9 Å². The molecule has 16 heavy (non-hydrogen) atoms. The molecule has 2 N–H and O–H groups in total. The van der Waals surface area contributed by atoms with Gasteiger partial charge in [0.25, 0.3) is 0 Å². The molecule has 1 heterocycles. The highest BCUT2D eigenvalue weighted by Crippen LogP contribution is 2.04. The van der Waals surface area contributed by atoms with Crippen LogP contribution >= 0.6 is 0 Å². The third-order valence-corrected chi connectivity index (χ3v) is 3.58. The van der Waals surface area contributed by atoms with Crippen LogP contribution < -0.4 is 10.6 Å². The molecule has 1 aliphatic heterocycles. The van der Waals surface area contributed by atoms with E-state index in [1.807, 2.05) is 0 Å². The van der Waals surface area contributed by atoms with E-state index in [0.717, 1.165) is 6.04 Å². The molecule has 1 atom stereocenters. The lowest BCUT2D eigenvalue weighted by molar-refractivity contribution is 0.267. The summed E-state index contributed by atoms with van der Waals surface area (Å²) in [5, 5.41) is 7.14. The molecule has 3 heteroatoms. The third-order valence-electron chi connectivity index (χ3n) is 3.58. The van der Waals surface area contributed by atoms with Crippen LogP contribution in [-0.2, 0) is 0 Å². The van der Waals surface area contributed by atoms with Gasteiger partial charge < -0.3 is 15.5 Å². The summed E-state index contributed by atoms with van der Waals surface area (Å²) >= 11 is 0. The molecule has 0 aromatic carbocycles. The SMILES string of the molecule is CC(C)N(C)CCCNC1CCCNCC1. The molecule has 1 aliphatic rings. The zero-order valence-electron chi connectivity index (χ0n) is 11.3. The molecule has 0 aromatic heterocycles. The van der Waals surface area contributed by atoms with Gasteiger partial charge in [-0.3, -0.25) is 0 Å². The molecule has 1 saturated heterocycles. The Bertz CT molecular complexity index is 163. The van der Waals surface area contributed by atoms with Crippen molar-refractivity contribution in [2.24, 2.45) is 0 Å². The van der Waals surface area contributed by atoms with Crippen LogP contribution in [0.1, 0.15) is 39.5 Å². The van der Waals surface area contributed by atoms with Crippen LogP contribution in [0.3, 0.4) is 0 Å². The average Bonchev–Trinajstić information content (AvgIpc) is 2.52. The molecule has 1 unspecified atom stereocenters. The first-order valence-corrected chi connectivity index (χ1v) is 6.84. The fourth-order valence-corrected chi connectivity index (χ4v) is 2.12. The minimum Gasteiger partial charge on any atom is -0.317 e. The largest absolute Gasteiger partial charge is 0.317 e. The summed E-state index contributed by atoms with van der Waals surface area (Å²) in [7, 11) is 2.21. The topological polar surface area (TPSA) is 27.3 Å². The summed E-state index contributed by atoms with van der Waals surface area (Å²) in [4.78, 5) is 2.41. The lowest BCUT2D eigenvalue weighted by Crippen LogP contribution is -2.34. The highest BCUT2D eigenvalue weighted by atomic mass is 15.1. The summed E-state index contributed by atoms with van der Waals surface area (Å²) in [6.07, 6.45) is 5.22. The summed E-state index contributed by atoms with van der Waals surface area (Å²) in [5.74, 6) is 0. The average molecular weight is 227 g/mol. The Morgan fingerprint density at radius 2 is 2.12 bits per heavy atom. The van der Waals surface area contributed by atoms with Gasteiger partial charge in [-0.2, -0.15) is 0 Å². The van der Waals surface area contributed by atoms with Crippen molar-refractivity contribution in [2.45, 2.75) is 51.6 Å². The van der Waals surface area contributed by atoms with E-state index in [0.29, 0.717) is 6.04 Å². The van der Waals surface area contributed by atoms with Crippen molar-refractivity contribution in [3.05, 3.63) is 0 Å². The van der Waals surface area contributed by atoms with E-state index in [4.69, 9.17) is 0 Å². The Balaban J connectivity index is 2.01. The monoisotopic (exact) mass is 227 g/mol. The summed E-state index contributed by atoms with van der Waals surface area (Å²) < 4.78 is 0. The molecular formula is C13H29N3. The van der Waals surface area contributed by atoms with Crippen LogP contribution in [0, 0.1) is 0 Å². The molecule has 0 aliphatic carbocycles. The molecule has 1 rings (SSSR count). The predicted octanol–water partition coefficient (Wildman–Crippen LogP) is 1.45. The van der Waals surface area contributed by atoms with Crippen molar-refractivity contribution in [1.82, 2.24) is 15.5 Å². The highest BCUT2D eigenvalue weighted by molar-refractivity contribution is 4.72. The number of nitrogens with one attached hydrogen (secondary N) is 2. The second-order valence-electron chi connectivity index (χ2n) is 5.26. The van der Waals surface area contributed by atoms with Gasteiger partial charge in [0.1, 0.15) is 0 Å². The molecule has 0 amide bonds. The van der Waals surface area contributed by atoms with Crippen LogP contribution in [0.15, 0.2) is 0 Å². The van der Waals surface area contributed by atoms with Gasteiger partial charge in [0.15, 0.2) is 0 Å². The quantitative estimate of drug-likeness (QED) is 0.673. The maximum atomic E-state index is 3.69. The van der Waals surface area contributed by atoms with Gasteiger partial charge in [-0.1, -0.05) is 0 Å². The Morgan fingerprint density at radius 3 is 2.88 bits per heavy atom. The molecule has 0 saturated carbocycles. The molecular weight excluding hydrogens is 198 g/mol. The zero-order chi connectivity index (χ0) is 11.8. The number of hydrogen-bond acceptors (Lipinski definition) is 3. The van der Waals surface area contributed by atoms with Gasteiger partial charge in [0, 0.05) is 12.1 Å². The van der Waals surface area contributed by atoms with Gasteiger partial charge in [-0.05, 0) is 72.8 Å².